The minimum absolute atomic E-state index is 0.861. The fourth-order valence-corrected chi connectivity index (χ4v) is 1.94. The van der Waals surface area contributed by atoms with Crippen molar-refractivity contribution in [1.82, 2.24) is 24.6 Å². The highest BCUT2D eigenvalue weighted by molar-refractivity contribution is 4.99. The molecule has 0 aliphatic carbocycles. The molecule has 0 spiro atoms. The molecule has 0 atom stereocenters. The van der Waals surface area contributed by atoms with Crippen molar-refractivity contribution in [2.45, 2.75) is 39.9 Å². The van der Waals surface area contributed by atoms with Gasteiger partial charge < -0.3 is 9.88 Å². The molecule has 1 N–H and O–H groups in total. The van der Waals surface area contributed by atoms with E-state index >= 15 is 0 Å². The number of nitrogens with zero attached hydrogens (tertiary/aromatic N) is 4. The van der Waals surface area contributed by atoms with E-state index in [1.54, 1.807) is 0 Å². The van der Waals surface area contributed by atoms with Crippen LogP contribution in [0.3, 0.4) is 0 Å². The van der Waals surface area contributed by atoms with Gasteiger partial charge in [0.2, 0.25) is 0 Å². The van der Waals surface area contributed by atoms with Crippen LogP contribution < -0.4 is 5.32 Å². The number of hydrogen-bond acceptors (Lipinski definition) is 3. The van der Waals surface area contributed by atoms with E-state index in [0.717, 1.165) is 32.6 Å². The second kappa shape index (κ2) is 6.35. The van der Waals surface area contributed by atoms with E-state index in [1.807, 2.05) is 23.4 Å². The molecular formula is C13H21N5. The first-order chi connectivity index (χ1) is 8.79. The van der Waals surface area contributed by atoms with Crippen molar-refractivity contribution in [3.05, 3.63) is 36.2 Å². The molecule has 5 nitrogen and oxygen atoms in total. The number of aryl methyl sites for hydroxylation is 2. The summed E-state index contributed by atoms with van der Waals surface area (Å²) in [6, 6.07) is 0. The van der Waals surface area contributed by atoms with Crippen LogP contribution >= 0.6 is 0 Å². The van der Waals surface area contributed by atoms with Crippen molar-refractivity contribution in [2.24, 2.45) is 0 Å². The van der Waals surface area contributed by atoms with Gasteiger partial charge in [-0.15, -0.1) is 0 Å². The Morgan fingerprint density at radius 2 is 2.17 bits per heavy atom. The standard InChI is InChI=1S/C13H21N5/c1-3-5-17-11-15-9-13(17)8-14-4-6-18-10-12(2)7-16-18/h7,9-11,14H,3-6,8H2,1-2H3. The predicted molar refractivity (Wildman–Crippen MR) is 71.2 cm³/mol. The van der Waals surface area contributed by atoms with Crippen LogP contribution in [0.25, 0.3) is 0 Å². The highest BCUT2D eigenvalue weighted by Crippen LogP contribution is 2.00. The van der Waals surface area contributed by atoms with Crippen LogP contribution in [0.1, 0.15) is 24.6 Å². The summed E-state index contributed by atoms with van der Waals surface area (Å²) in [5, 5.41) is 7.68. The Hall–Kier alpha value is -1.62. The first-order valence-electron chi connectivity index (χ1n) is 6.48. The highest BCUT2D eigenvalue weighted by Gasteiger charge is 2.00. The van der Waals surface area contributed by atoms with E-state index in [1.165, 1.54) is 11.3 Å². The first kappa shape index (κ1) is 12.8. The quantitative estimate of drug-likeness (QED) is 0.756. The summed E-state index contributed by atoms with van der Waals surface area (Å²) < 4.78 is 4.16. The third kappa shape index (κ3) is 3.43. The lowest BCUT2D eigenvalue weighted by atomic mass is 10.4. The maximum Gasteiger partial charge on any atom is 0.0948 e. The fraction of sp³-hybridized carbons (Fsp3) is 0.538. The van der Waals surface area contributed by atoms with Gasteiger partial charge in [-0.1, -0.05) is 6.92 Å². The molecule has 0 bridgehead atoms. The molecular weight excluding hydrogens is 226 g/mol. The fourth-order valence-electron chi connectivity index (χ4n) is 1.94. The number of nitrogens with one attached hydrogen (secondary N) is 1. The van der Waals surface area contributed by atoms with Gasteiger partial charge in [-0.2, -0.15) is 5.10 Å². The molecule has 2 rings (SSSR count). The van der Waals surface area contributed by atoms with E-state index in [2.05, 4.69) is 40.0 Å². The summed E-state index contributed by atoms with van der Waals surface area (Å²) in [5.41, 5.74) is 2.45. The molecule has 2 heterocycles. The normalized spacial score (nSPS) is 11.0. The molecule has 0 unspecified atom stereocenters. The van der Waals surface area contributed by atoms with Crippen molar-refractivity contribution in [3.8, 4) is 0 Å². The predicted octanol–water partition coefficient (Wildman–Crippen LogP) is 1.59. The molecule has 0 amide bonds. The molecule has 2 aromatic rings. The second-order valence-electron chi connectivity index (χ2n) is 4.54. The Morgan fingerprint density at radius 3 is 2.89 bits per heavy atom. The van der Waals surface area contributed by atoms with Crippen molar-refractivity contribution in [2.75, 3.05) is 6.54 Å². The molecule has 98 valence electrons. The summed E-state index contributed by atoms with van der Waals surface area (Å²) in [5.74, 6) is 0. The van der Waals surface area contributed by atoms with Crippen LogP contribution in [0.2, 0.25) is 0 Å². The van der Waals surface area contributed by atoms with Gasteiger partial charge in [-0.25, -0.2) is 4.98 Å². The molecule has 0 aromatic carbocycles. The van der Waals surface area contributed by atoms with E-state index in [9.17, 15) is 0 Å². The van der Waals surface area contributed by atoms with Crippen LogP contribution in [-0.4, -0.2) is 25.9 Å². The zero-order valence-corrected chi connectivity index (χ0v) is 11.1. The zero-order valence-electron chi connectivity index (χ0n) is 11.1. The van der Waals surface area contributed by atoms with Crippen molar-refractivity contribution in [3.63, 3.8) is 0 Å². The summed E-state index contributed by atoms with van der Waals surface area (Å²) >= 11 is 0. The van der Waals surface area contributed by atoms with Gasteiger partial charge in [0, 0.05) is 32.0 Å². The minimum atomic E-state index is 0.861. The Kier molecular flexibility index (Phi) is 4.52. The Morgan fingerprint density at radius 1 is 1.28 bits per heavy atom. The topological polar surface area (TPSA) is 47.7 Å². The maximum atomic E-state index is 4.26. The van der Waals surface area contributed by atoms with E-state index in [0.29, 0.717) is 0 Å². The van der Waals surface area contributed by atoms with Gasteiger partial charge in [0.1, 0.15) is 0 Å². The maximum absolute atomic E-state index is 4.26. The smallest absolute Gasteiger partial charge is 0.0948 e. The Labute approximate surface area is 108 Å². The molecule has 0 radical (unpaired) electrons. The summed E-state index contributed by atoms with van der Waals surface area (Å²) in [6.07, 6.45) is 8.91. The van der Waals surface area contributed by atoms with Crippen LogP contribution in [0.5, 0.6) is 0 Å². The molecule has 2 aromatic heterocycles. The summed E-state index contributed by atoms with van der Waals surface area (Å²) in [7, 11) is 0. The molecule has 0 saturated heterocycles. The first-order valence-corrected chi connectivity index (χ1v) is 6.48. The minimum Gasteiger partial charge on any atom is -0.333 e. The summed E-state index contributed by atoms with van der Waals surface area (Å²) in [6.45, 7) is 7.95. The van der Waals surface area contributed by atoms with E-state index in [-0.39, 0.29) is 0 Å². The van der Waals surface area contributed by atoms with Gasteiger partial charge in [-0.3, -0.25) is 4.68 Å². The molecule has 0 aliphatic heterocycles. The Balaban J connectivity index is 1.73. The Bertz CT molecular complexity index is 471. The molecule has 0 saturated carbocycles. The average Bonchev–Trinajstić information content (AvgIpc) is 2.95. The molecule has 0 fully saturated rings. The zero-order chi connectivity index (χ0) is 12.8. The van der Waals surface area contributed by atoms with Crippen LogP contribution in [0.15, 0.2) is 24.9 Å². The lowest BCUT2D eigenvalue weighted by Gasteiger charge is -2.08. The van der Waals surface area contributed by atoms with Crippen LogP contribution in [-0.2, 0) is 19.6 Å². The summed E-state index contributed by atoms with van der Waals surface area (Å²) in [4.78, 5) is 4.19. The number of hydrogen-bond donors (Lipinski definition) is 1. The lowest BCUT2D eigenvalue weighted by molar-refractivity contribution is 0.538. The number of imidazole rings is 1. The van der Waals surface area contributed by atoms with Crippen LogP contribution in [0, 0.1) is 6.92 Å². The molecule has 18 heavy (non-hydrogen) atoms. The van der Waals surface area contributed by atoms with E-state index in [4.69, 9.17) is 0 Å². The lowest BCUT2D eigenvalue weighted by Crippen LogP contribution is -2.21. The molecule has 5 heteroatoms. The average molecular weight is 247 g/mol. The number of aromatic nitrogens is 4. The van der Waals surface area contributed by atoms with Gasteiger partial charge in [0.05, 0.1) is 24.8 Å². The van der Waals surface area contributed by atoms with Gasteiger partial charge in [-0.05, 0) is 18.9 Å². The van der Waals surface area contributed by atoms with Gasteiger partial charge in [0.25, 0.3) is 0 Å². The van der Waals surface area contributed by atoms with E-state index < -0.39 is 0 Å². The number of rotatable bonds is 7. The van der Waals surface area contributed by atoms with Crippen molar-refractivity contribution < 1.29 is 0 Å². The van der Waals surface area contributed by atoms with Crippen LogP contribution in [0.4, 0.5) is 0 Å². The van der Waals surface area contributed by atoms with Crippen molar-refractivity contribution in [1.29, 1.82) is 0 Å². The highest BCUT2D eigenvalue weighted by atomic mass is 15.3. The van der Waals surface area contributed by atoms with Crippen molar-refractivity contribution >= 4 is 0 Å². The monoisotopic (exact) mass is 247 g/mol. The third-order valence-electron chi connectivity index (χ3n) is 2.85. The second-order valence-corrected chi connectivity index (χ2v) is 4.54. The van der Waals surface area contributed by atoms with Gasteiger partial charge >= 0.3 is 0 Å². The van der Waals surface area contributed by atoms with Gasteiger partial charge in [0.15, 0.2) is 0 Å². The third-order valence-corrected chi connectivity index (χ3v) is 2.85. The molecule has 0 aliphatic rings. The SMILES string of the molecule is CCCn1cncc1CNCCn1cc(C)cn1. The largest absolute Gasteiger partial charge is 0.333 e.